The van der Waals surface area contributed by atoms with Crippen LogP contribution in [0.4, 0.5) is 11.4 Å². The number of nitrogens with one attached hydrogen (secondary N) is 2. The highest BCUT2D eigenvalue weighted by Gasteiger charge is 2.18. The number of hydrogen-bond acceptors (Lipinski definition) is 5. The second-order valence-electron chi connectivity index (χ2n) is 7.04. The Labute approximate surface area is 216 Å². The highest BCUT2D eigenvalue weighted by Crippen LogP contribution is 2.36. The monoisotopic (exact) mass is 538 g/mol. The molecule has 0 aliphatic heterocycles. The van der Waals surface area contributed by atoms with Gasteiger partial charge in [-0.3, -0.25) is 9.59 Å². The van der Waals surface area contributed by atoms with Crippen LogP contribution in [0.3, 0.4) is 0 Å². The van der Waals surface area contributed by atoms with E-state index in [0.717, 1.165) is 4.90 Å². The smallest absolute Gasteiger partial charge is 0.257 e. The Kier molecular flexibility index (Phi) is 8.97. The Balaban J connectivity index is 1.62. The maximum absolute atomic E-state index is 12.7. The number of anilines is 2. The number of carbonyl (C=O) groups is 2. The molecular weight excluding hydrogens is 519 g/mol. The van der Waals surface area contributed by atoms with Gasteiger partial charge in [0.15, 0.2) is 0 Å². The third-order valence-corrected chi connectivity index (χ3v) is 6.66. The van der Waals surface area contributed by atoms with Crippen LogP contribution >= 0.6 is 46.6 Å². The molecule has 10 heteroatoms. The first-order valence-electron chi connectivity index (χ1n) is 9.97. The third kappa shape index (κ3) is 6.51. The summed E-state index contributed by atoms with van der Waals surface area (Å²) in [7, 11) is 3.00. The first-order valence-corrected chi connectivity index (χ1v) is 12.0. The number of hydrogen-bond donors (Lipinski definition) is 2. The van der Waals surface area contributed by atoms with Gasteiger partial charge in [-0.15, -0.1) is 11.8 Å². The number of amides is 2. The van der Waals surface area contributed by atoms with E-state index in [1.54, 1.807) is 43.3 Å². The van der Waals surface area contributed by atoms with Gasteiger partial charge in [0.2, 0.25) is 5.91 Å². The Hall–Kier alpha value is -2.58. The molecule has 1 atom stereocenters. The van der Waals surface area contributed by atoms with Crippen LogP contribution in [-0.4, -0.2) is 31.3 Å². The lowest BCUT2D eigenvalue weighted by Crippen LogP contribution is -2.22. The second-order valence-corrected chi connectivity index (χ2v) is 9.70. The zero-order chi connectivity index (χ0) is 24.8. The van der Waals surface area contributed by atoms with Crippen LogP contribution in [0.5, 0.6) is 11.5 Å². The molecule has 0 fully saturated rings. The van der Waals surface area contributed by atoms with Crippen molar-refractivity contribution < 1.29 is 19.1 Å². The summed E-state index contributed by atoms with van der Waals surface area (Å²) in [6.45, 7) is 1.79. The normalized spacial score (nSPS) is 11.5. The lowest BCUT2D eigenvalue weighted by atomic mass is 10.2. The van der Waals surface area contributed by atoms with Crippen LogP contribution in [0.25, 0.3) is 0 Å². The van der Waals surface area contributed by atoms with Crippen molar-refractivity contribution in [2.45, 2.75) is 17.1 Å². The van der Waals surface area contributed by atoms with Crippen molar-refractivity contribution in [3.8, 4) is 11.5 Å². The molecule has 3 rings (SSSR count). The zero-order valence-electron chi connectivity index (χ0n) is 18.4. The van der Waals surface area contributed by atoms with E-state index in [-0.39, 0.29) is 16.8 Å². The van der Waals surface area contributed by atoms with Gasteiger partial charge in [-0.2, -0.15) is 0 Å². The minimum absolute atomic E-state index is 0.223. The standard InChI is InChI=1S/C24H21Cl3N2O4S/c1-13(23(30)29-20-11-19(27)21(32-2)12-22(20)33-3)34-16-7-5-15(6-8-16)28-24(31)17-9-4-14(25)10-18(17)26/h4-13H,1-3H3,(H,28,31)(H,29,30). The van der Waals surface area contributed by atoms with Crippen molar-refractivity contribution in [1.82, 2.24) is 0 Å². The van der Waals surface area contributed by atoms with Crippen LogP contribution in [0.2, 0.25) is 15.1 Å². The van der Waals surface area contributed by atoms with Crippen molar-refractivity contribution in [2.24, 2.45) is 0 Å². The lowest BCUT2D eigenvalue weighted by molar-refractivity contribution is -0.115. The summed E-state index contributed by atoms with van der Waals surface area (Å²) in [5.74, 6) is 0.318. The fourth-order valence-electron chi connectivity index (χ4n) is 2.94. The third-order valence-electron chi connectivity index (χ3n) is 4.70. The van der Waals surface area contributed by atoms with Crippen molar-refractivity contribution in [2.75, 3.05) is 24.9 Å². The van der Waals surface area contributed by atoms with Gasteiger partial charge in [-0.25, -0.2) is 0 Å². The molecule has 0 bridgehead atoms. The molecule has 0 aromatic heterocycles. The lowest BCUT2D eigenvalue weighted by Gasteiger charge is -2.16. The van der Waals surface area contributed by atoms with E-state index in [0.29, 0.717) is 38.5 Å². The first-order chi connectivity index (χ1) is 16.2. The van der Waals surface area contributed by atoms with Gasteiger partial charge in [0.25, 0.3) is 5.91 Å². The largest absolute Gasteiger partial charge is 0.495 e. The minimum Gasteiger partial charge on any atom is -0.495 e. The van der Waals surface area contributed by atoms with Gasteiger partial charge in [-0.1, -0.05) is 34.8 Å². The average Bonchev–Trinajstić information content (AvgIpc) is 2.80. The van der Waals surface area contributed by atoms with Gasteiger partial charge in [-0.05, 0) is 55.5 Å². The summed E-state index contributed by atoms with van der Waals surface area (Å²) in [5.41, 5.74) is 1.36. The molecule has 2 amide bonds. The van der Waals surface area contributed by atoms with Crippen molar-refractivity contribution in [1.29, 1.82) is 0 Å². The molecule has 178 valence electrons. The molecule has 34 heavy (non-hydrogen) atoms. The summed E-state index contributed by atoms with van der Waals surface area (Å²) in [4.78, 5) is 26.1. The molecule has 3 aromatic carbocycles. The number of ether oxygens (including phenoxy) is 2. The topological polar surface area (TPSA) is 76.7 Å². The molecule has 0 saturated heterocycles. The van der Waals surface area contributed by atoms with E-state index in [1.165, 1.54) is 32.0 Å². The summed E-state index contributed by atoms with van der Waals surface area (Å²) in [6.07, 6.45) is 0. The van der Waals surface area contributed by atoms with Gasteiger partial charge < -0.3 is 20.1 Å². The van der Waals surface area contributed by atoms with E-state index in [2.05, 4.69) is 10.6 Å². The molecule has 6 nitrogen and oxygen atoms in total. The number of thioether (sulfide) groups is 1. The van der Waals surface area contributed by atoms with Crippen LogP contribution in [0.15, 0.2) is 59.5 Å². The molecule has 1 unspecified atom stereocenters. The molecule has 0 radical (unpaired) electrons. The van der Waals surface area contributed by atoms with E-state index < -0.39 is 5.25 Å². The quantitative estimate of drug-likeness (QED) is 0.300. The van der Waals surface area contributed by atoms with Gasteiger partial charge >= 0.3 is 0 Å². The van der Waals surface area contributed by atoms with Gasteiger partial charge in [0.05, 0.1) is 40.8 Å². The van der Waals surface area contributed by atoms with Crippen LogP contribution < -0.4 is 20.1 Å². The van der Waals surface area contributed by atoms with Crippen LogP contribution in [0.1, 0.15) is 17.3 Å². The fraction of sp³-hybridized carbons (Fsp3) is 0.167. The highest BCUT2D eigenvalue weighted by atomic mass is 35.5. The van der Waals surface area contributed by atoms with E-state index in [1.807, 2.05) is 12.1 Å². The Morgan fingerprint density at radius 1 is 0.853 bits per heavy atom. The molecule has 0 spiro atoms. The number of benzene rings is 3. The van der Waals surface area contributed by atoms with E-state index >= 15 is 0 Å². The number of methoxy groups -OCH3 is 2. The number of halogens is 3. The summed E-state index contributed by atoms with van der Waals surface area (Å²) < 4.78 is 10.5. The highest BCUT2D eigenvalue weighted by molar-refractivity contribution is 8.00. The number of carbonyl (C=O) groups excluding carboxylic acids is 2. The summed E-state index contributed by atoms with van der Waals surface area (Å²) >= 11 is 19.5. The Morgan fingerprint density at radius 2 is 1.53 bits per heavy atom. The fourth-order valence-corrected chi connectivity index (χ4v) is 4.54. The van der Waals surface area contributed by atoms with Gasteiger partial charge in [0, 0.05) is 21.7 Å². The van der Waals surface area contributed by atoms with Crippen molar-refractivity contribution >= 4 is 69.8 Å². The van der Waals surface area contributed by atoms with Gasteiger partial charge in [0.1, 0.15) is 11.5 Å². The van der Waals surface area contributed by atoms with E-state index in [9.17, 15) is 9.59 Å². The molecule has 3 aromatic rings. The van der Waals surface area contributed by atoms with E-state index in [4.69, 9.17) is 44.3 Å². The minimum atomic E-state index is -0.418. The van der Waals surface area contributed by atoms with Crippen molar-refractivity contribution in [3.63, 3.8) is 0 Å². The second kappa shape index (κ2) is 11.7. The van der Waals surface area contributed by atoms with Crippen LogP contribution in [0, 0.1) is 0 Å². The first kappa shape index (κ1) is 26.0. The zero-order valence-corrected chi connectivity index (χ0v) is 21.5. The molecule has 0 aliphatic rings. The molecular formula is C24H21Cl3N2O4S. The molecule has 0 aliphatic carbocycles. The maximum Gasteiger partial charge on any atom is 0.257 e. The van der Waals surface area contributed by atoms with Crippen LogP contribution in [-0.2, 0) is 4.79 Å². The Bertz CT molecular complexity index is 1210. The Morgan fingerprint density at radius 3 is 2.15 bits per heavy atom. The molecule has 0 saturated carbocycles. The molecule has 0 heterocycles. The maximum atomic E-state index is 12.7. The summed E-state index contributed by atoms with van der Waals surface area (Å²) in [6, 6.07) is 15.0. The molecule has 2 N–H and O–H groups in total. The number of rotatable bonds is 8. The predicted molar refractivity (Wildman–Crippen MR) is 139 cm³/mol. The predicted octanol–water partition coefficient (Wildman–Crippen LogP) is 7.04. The van der Waals surface area contributed by atoms with Crippen molar-refractivity contribution in [3.05, 3.63) is 75.2 Å². The SMILES string of the molecule is COc1cc(OC)c(NC(=O)C(C)Sc2ccc(NC(=O)c3ccc(Cl)cc3Cl)cc2)cc1Cl. The summed E-state index contributed by atoms with van der Waals surface area (Å²) in [5, 5.41) is 6.29. The average molecular weight is 540 g/mol.